The van der Waals surface area contributed by atoms with Gasteiger partial charge in [-0.15, -0.1) is 0 Å². The van der Waals surface area contributed by atoms with Crippen molar-refractivity contribution in [2.24, 2.45) is 0 Å². The standard InChI is InChI=1S/C15H24ClNO3S/c1-9(2)11-7-8-12(13(10(3)18)14(11)16)21(19,20)17-15(4,5)6/h7-10,17-18H,1-6H3. The van der Waals surface area contributed by atoms with Gasteiger partial charge in [0.25, 0.3) is 0 Å². The van der Waals surface area contributed by atoms with Crippen molar-refractivity contribution in [1.82, 2.24) is 4.72 Å². The normalized spacial score (nSPS) is 14.5. The molecule has 1 aromatic rings. The molecule has 120 valence electrons. The van der Waals surface area contributed by atoms with Crippen molar-refractivity contribution in [3.63, 3.8) is 0 Å². The van der Waals surface area contributed by atoms with Crippen molar-refractivity contribution in [1.29, 1.82) is 0 Å². The van der Waals surface area contributed by atoms with Gasteiger partial charge in [0.05, 0.1) is 16.0 Å². The van der Waals surface area contributed by atoms with Crippen molar-refractivity contribution >= 4 is 21.6 Å². The SMILES string of the molecule is CC(C)c1ccc(S(=O)(=O)NC(C)(C)C)c(C(C)O)c1Cl. The Morgan fingerprint density at radius 1 is 1.19 bits per heavy atom. The summed E-state index contributed by atoms with van der Waals surface area (Å²) in [5.41, 5.74) is 0.458. The highest BCUT2D eigenvalue weighted by Crippen LogP contribution is 2.36. The van der Waals surface area contributed by atoms with Crippen LogP contribution in [0.25, 0.3) is 0 Å². The Bertz CT molecular complexity index is 617. The first-order valence-electron chi connectivity index (χ1n) is 6.91. The Morgan fingerprint density at radius 3 is 2.10 bits per heavy atom. The second kappa shape index (κ2) is 6.24. The van der Waals surface area contributed by atoms with Crippen LogP contribution in [0.3, 0.4) is 0 Å². The highest BCUT2D eigenvalue weighted by molar-refractivity contribution is 7.89. The van der Waals surface area contributed by atoms with Crippen molar-refractivity contribution in [3.8, 4) is 0 Å². The van der Waals surface area contributed by atoms with E-state index in [1.54, 1.807) is 26.8 Å². The number of rotatable bonds is 4. The highest BCUT2D eigenvalue weighted by Gasteiger charge is 2.28. The summed E-state index contributed by atoms with van der Waals surface area (Å²) in [6.07, 6.45) is -0.970. The summed E-state index contributed by atoms with van der Waals surface area (Å²) >= 11 is 6.33. The molecule has 0 aromatic heterocycles. The second-order valence-corrected chi connectivity index (χ2v) is 8.60. The van der Waals surface area contributed by atoms with Gasteiger partial charge in [-0.2, -0.15) is 0 Å². The fraction of sp³-hybridized carbons (Fsp3) is 0.600. The molecule has 4 nitrogen and oxygen atoms in total. The third kappa shape index (κ3) is 4.42. The zero-order valence-electron chi connectivity index (χ0n) is 13.4. The molecule has 0 saturated heterocycles. The second-order valence-electron chi connectivity index (χ2n) is 6.57. The van der Waals surface area contributed by atoms with Crippen molar-refractivity contribution < 1.29 is 13.5 Å². The van der Waals surface area contributed by atoms with Crippen LogP contribution in [0.5, 0.6) is 0 Å². The average Bonchev–Trinajstić information content (AvgIpc) is 2.23. The minimum absolute atomic E-state index is 0.0295. The van der Waals surface area contributed by atoms with Crippen LogP contribution in [0, 0.1) is 0 Å². The van der Waals surface area contributed by atoms with E-state index in [-0.39, 0.29) is 16.4 Å². The number of nitrogens with one attached hydrogen (secondary N) is 1. The van der Waals surface area contributed by atoms with Crippen LogP contribution in [-0.4, -0.2) is 19.1 Å². The maximum absolute atomic E-state index is 12.5. The summed E-state index contributed by atoms with van der Waals surface area (Å²) < 4.78 is 27.6. The van der Waals surface area contributed by atoms with E-state index in [9.17, 15) is 13.5 Å². The van der Waals surface area contributed by atoms with E-state index in [2.05, 4.69) is 4.72 Å². The topological polar surface area (TPSA) is 66.4 Å². The van der Waals surface area contributed by atoms with E-state index in [4.69, 9.17) is 11.6 Å². The molecule has 1 rings (SSSR count). The summed E-state index contributed by atoms with van der Waals surface area (Å²) in [5, 5.41) is 10.3. The van der Waals surface area contributed by atoms with Gasteiger partial charge in [-0.25, -0.2) is 13.1 Å². The lowest BCUT2D eigenvalue weighted by Gasteiger charge is -2.24. The molecule has 1 aromatic carbocycles. The minimum atomic E-state index is -3.75. The molecule has 0 heterocycles. The summed E-state index contributed by atoms with van der Waals surface area (Å²) in [6.45, 7) is 10.7. The predicted molar refractivity (Wildman–Crippen MR) is 86.2 cm³/mol. The van der Waals surface area contributed by atoms with Gasteiger partial charge < -0.3 is 5.11 Å². The number of benzene rings is 1. The molecule has 0 amide bonds. The van der Waals surface area contributed by atoms with Crippen LogP contribution in [0.1, 0.15) is 64.7 Å². The summed E-state index contributed by atoms with van der Waals surface area (Å²) in [6, 6.07) is 3.22. The maximum atomic E-state index is 12.5. The smallest absolute Gasteiger partial charge is 0.241 e. The van der Waals surface area contributed by atoms with E-state index in [0.29, 0.717) is 5.02 Å². The zero-order chi connectivity index (χ0) is 16.6. The molecule has 0 aliphatic rings. The van der Waals surface area contributed by atoms with Gasteiger partial charge in [-0.1, -0.05) is 31.5 Å². The van der Waals surface area contributed by atoms with Gasteiger partial charge in [0.1, 0.15) is 0 Å². The highest BCUT2D eigenvalue weighted by atomic mass is 35.5. The number of sulfonamides is 1. The number of hydrogen-bond acceptors (Lipinski definition) is 3. The van der Waals surface area contributed by atoms with Crippen LogP contribution in [0.4, 0.5) is 0 Å². The molecule has 0 radical (unpaired) electrons. The summed E-state index contributed by atoms with van der Waals surface area (Å²) in [4.78, 5) is 0.0295. The predicted octanol–water partition coefficient (Wildman–Crippen LogP) is 3.59. The van der Waals surface area contributed by atoms with Crippen LogP contribution >= 0.6 is 11.6 Å². The van der Waals surface area contributed by atoms with E-state index in [1.165, 1.54) is 13.0 Å². The van der Waals surface area contributed by atoms with E-state index in [1.807, 2.05) is 13.8 Å². The molecular weight excluding hydrogens is 310 g/mol. The third-order valence-corrected chi connectivity index (χ3v) is 5.18. The number of aliphatic hydroxyl groups is 1. The number of hydrogen-bond donors (Lipinski definition) is 2. The Labute approximate surface area is 132 Å². The quantitative estimate of drug-likeness (QED) is 0.884. The van der Waals surface area contributed by atoms with Crippen LogP contribution < -0.4 is 4.72 Å². The van der Waals surface area contributed by atoms with Gasteiger partial charge in [-0.05, 0) is 45.2 Å². The van der Waals surface area contributed by atoms with Crippen LogP contribution in [-0.2, 0) is 10.0 Å². The van der Waals surface area contributed by atoms with E-state index in [0.717, 1.165) is 5.56 Å². The molecule has 0 aliphatic heterocycles. The first-order valence-corrected chi connectivity index (χ1v) is 8.77. The lowest BCUT2D eigenvalue weighted by atomic mass is 9.99. The first kappa shape index (κ1) is 18.4. The fourth-order valence-corrected chi connectivity index (χ4v) is 4.44. The molecule has 0 spiro atoms. The monoisotopic (exact) mass is 333 g/mol. The largest absolute Gasteiger partial charge is 0.389 e. The third-order valence-electron chi connectivity index (χ3n) is 2.94. The van der Waals surface area contributed by atoms with E-state index < -0.39 is 21.7 Å². The Morgan fingerprint density at radius 2 is 1.71 bits per heavy atom. The van der Waals surface area contributed by atoms with Crippen LogP contribution in [0.15, 0.2) is 17.0 Å². The Balaban J connectivity index is 3.55. The van der Waals surface area contributed by atoms with Crippen LogP contribution in [0.2, 0.25) is 5.02 Å². The van der Waals surface area contributed by atoms with Crippen molar-refractivity contribution in [2.45, 2.75) is 64.0 Å². The molecule has 0 aliphatic carbocycles. The van der Waals surface area contributed by atoms with Gasteiger partial charge in [0.2, 0.25) is 10.0 Å². The van der Waals surface area contributed by atoms with Gasteiger partial charge in [0, 0.05) is 11.1 Å². The minimum Gasteiger partial charge on any atom is -0.389 e. The lowest BCUT2D eigenvalue weighted by molar-refractivity contribution is 0.196. The summed E-state index contributed by atoms with van der Waals surface area (Å²) in [7, 11) is -3.75. The fourth-order valence-electron chi connectivity index (χ4n) is 2.12. The Hall–Kier alpha value is -0.620. The molecule has 1 atom stereocenters. The molecule has 1 unspecified atom stereocenters. The number of halogens is 1. The molecular formula is C15H24ClNO3S. The van der Waals surface area contributed by atoms with Crippen molar-refractivity contribution in [2.75, 3.05) is 0 Å². The average molecular weight is 334 g/mol. The molecule has 0 bridgehead atoms. The maximum Gasteiger partial charge on any atom is 0.241 e. The summed E-state index contributed by atoms with van der Waals surface area (Å²) in [5.74, 6) is 0.141. The molecule has 0 fully saturated rings. The van der Waals surface area contributed by atoms with Gasteiger partial charge in [0.15, 0.2) is 0 Å². The molecule has 0 saturated carbocycles. The van der Waals surface area contributed by atoms with E-state index >= 15 is 0 Å². The van der Waals surface area contributed by atoms with Crippen molar-refractivity contribution in [3.05, 3.63) is 28.3 Å². The molecule has 21 heavy (non-hydrogen) atoms. The Kier molecular flexibility index (Phi) is 5.48. The van der Waals surface area contributed by atoms with Gasteiger partial charge >= 0.3 is 0 Å². The molecule has 2 N–H and O–H groups in total. The molecule has 6 heteroatoms. The lowest BCUT2D eigenvalue weighted by Crippen LogP contribution is -2.41. The number of aliphatic hydroxyl groups excluding tert-OH is 1. The van der Waals surface area contributed by atoms with Gasteiger partial charge in [-0.3, -0.25) is 0 Å². The first-order chi connectivity index (χ1) is 9.37. The zero-order valence-corrected chi connectivity index (χ0v) is 14.9.